The summed E-state index contributed by atoms with van der Waals surface area (Å²) in [5.74, 6) is 0. The number of anilines is 9. The molecule has 0 saturated heterocycles. The number of aromatic nitrogens is 1. The monoisotopic (exact) mass is 1040 g/mol. The van der Waals surface area contributed by atoms with Gasteiger partial charge < -0.3 is 23.7 Å². The van der Waals surface area contributed by atoms with Gasteiger partial charge in [0.15, 0.2) is 0 Å². The minimum atomic E-state index is -2.08. The Kier molecular flexibility index (Phi) is 5.58. The molecule has 0 bridgehead atoms. The fourth-order valence-electron chi connectivity index (χ4n) is 10.4. The van der Waals surface area contributed by atoms with E-state index in [0.29, 0.717) is 4.90 Å². The van der Waals surface area contributed by atoms with Crippen LogP contribution in [0.4, 0.5) is 51.2 Å². The van der Waals surface area contributed by atoms with Crippen LogP contribution in [-0.4, -0.2) is 11.3 Å². The van der Waals surface area contributed by atoms with Crippen molar-refractivity contribution in [2.45, 2.75) is 105 Å². The SMILES string of the molecule is [2H]c1c([2H])c2c3c(c1[2H])-n1c4c([2H])c([2H])c(C(C)(C)C)c([2H])c4c4c([2H])c(C(C)(C)C)c([2H])c(c41)N3c1c([2H])c(C#N)c([2H])c3c1B2c1c([2H])c([2H])c(N(c2c([2H])c([2H])c(C(C)(C)C)c([2H])c2[2H])c2c([2H])c([2H])c(C(C)(C)C)c([2H])c2[2H])c([2H])c1N3c1c([2H])c([2H])c2c(oc3c([2H])c([2H])c([2H])c([2H])c32)c1[2H]. The van der Waals surface area contributed by atoms with Crippen molar-refractivity contribution in [2.75, 3.05) is 14.7 Å². The van der Waals surface area contributed by atoms with Crippen LogP contribution in [0.15, 0.2) is 174 Å². The summed E-state index contributed by atoms with van der Waals surface area (Å²) in [7, 11) is 0. The third-order valence-corrected chi connectivity index (χ3v) is 14.4. The van der Waals surface area contributed by atoms with E-state index in [1.165, 1.54) is 9.47 Å². The molecule has 382 valence electrons. The van der Waals surface area contributed by atoms with Gasteiger partial charge in [-0.25, -0.2) is 0 Å². The summed E-state index contributed by atoms with van der Waals surface area (Å²) < 4.78 is 286. The Morgan fingerprint density at radius 3 is 1.72 bits per heavy atom. The summed E-state index contributed by atoms with van der Waals surface area (Å²) in [6, 6.07) is -20.6. The average molecular weight is 1040 g/mol. The molecule has 9 aromatic carbocycles. The van der Waals surface area contributed by atoms with Crippen molar-refractivity contribution in [3.63, 3.8) is 0 Å². The minimum Gasteiger partial charge on any atom is -0.456 e. The predicted molar refractivity (Wildman–Crippen MR) is 330 cm³/mol. The van der Waals surface area contributed by atoms with Gasteiger partial charge in [0.1, 0.15) is 11.2 Å². The zero-order valence-corrected chi connectivity index (χ0v) is 44.7. The standard InChI is InChI=1S/C71H64BN5O/c1-68(2,3)43-20-25-47(26-21-43)74(48-27-22-44(23-28-48)69(4,5)6)49-30-32-55-59(39-49)75(50-29-31-52-51-16-13-14-19-63(51)78-64(52)40-50)60-34-42(41-73)35-61-65(60)72(55)56-17-15-18-58-67(56)77(61)62-38-46(71(10,11)12)37-54-53-36-45(70(7,8)9)24-33-57(53)76(58)66(54)62/h13-40H,1-12H3/i13D,14D,15D,16D,17D,18D,19D,20D,21D,22D,23D,24D,25D,26D,27D,28D,29D,30D,31D,32D,33D,34D,35D,36D,37D,38D,39D,40D. The van der Waals surface area contributed by atoms with Gasteiger partial charge in [-0.3, -0.25) is 0 Å². The molecule has 6 nitrogen and oxygen atoms in total. The van der Waals surface area contributed by atoms with E-state index in [-0.39, 0.29) is 67.5 Å². The highest BCUT2D eigenvalue weighted by atomic mass is 16.3. The Labute approximate surface area is 498 Å². The lowest BCUT2D eigenvalue weighted by molar-refractivity contribution is 0.590. The highest BCUT2D eigenvalue weighted by Crippen LogP contribution is 2.54. The average Bonchev–Trinajstić information content (AvgIpc) is 1.17. The van der Waals surface area contributed by atoms with Gasteiger partial charge in [-0.15, -0.1) is 0 Å². The summed E-state index contributed by atoms with van der Waals surface area (Å²) in [6.45, 7) is 17.8. The largest absolute Gasteiger partial charge is 0.456 e. The molecule has 78 heavy (non-hydrogen) atoms. The Hall–Kier alpha value is -8.47. The van der Waals surface area contributed by atoms with E-state index < -0.39 is 275 Å². The molecule has 0 N–H and O–H groups in total. The molecular weight excluding hydrogens is 950 g/mol. The number of benzene rings is 9. The number of nitriles is 1. The molecule has 3 aliphatic heterocycles. The quantitative estimate of drug-likeness (QED) is 0.164. The molecule has 14 rings (SSSR count). The van der Waals surface area contributed by atoms with Crippen LogP contribution in [-0.2, 0) is 21.7 Å². The number of hydrogen-bond donors (Lipinski definition) is 0. The molecule has 7 heteroatoms. The van der Waals surface area contributed by atoms with E-state index in [1.807, 2.05) is 6.07 Å². The summed E-state index contributed by atoms with van der Waals surface area (Å²) in [6.07, 6.45) is 0. The first-order valence-corrected chi connectivity index (χ1v) is 25.4. The molecule has 0 saturated carbocycles. The van der Waals surface area contributed by atoms with Gasteiger partial charge >= 0.3 is 0 Å². The summed E-state index contributed by atoms with van der Waals surface area (Å²) in [4.78, 5) is 2.62. The van der Waals surface area contributed by atoms with Crippen molar-refractivity contribution < 1.29 is 42.8 Å². The maximum absolute atomic E-state index is 11.7. The number of fused-ring (bicyclic) bond motifs is 12. The molecule has 0 spiro atoms. The van der Waals surface area contributed by atoms with Crippen LogP contribution in [0.5, 0.6) is 0 Å². The van der Waals surface area contributed by atoms with Crippen molar-refractivity contribution >= 4 is 118 Å². The van der Waals surface area contributed by atoms with Crippen LogP contribution >= 0.6 is 0 Å². The summed E-state index contributed by atoms with van der Waals surface area (Å²) >= 11 is 0. The van der Waals surface area contributed by atoms with Crippen molar-refractivity contribution in [1.29, 1.82) is 5.26 Å². The molecule has 3 aliphatic rings. The van der Waals surface area contributed by atoms with E-state index in [0.717, 1.165) is 4.90 Å². The van der Waals surface area contributed by atoms with Crippen LogP contribution in [0.2, 0.25) is 0 Å². The lowest BCUT2D eigenvalue weighted by Gasteiger charge is -2.46. The normalized spacial score (nSPS) is 18.8. The third kappa shape index (κ3) is 7.08. The molecule has 0 aliphatic carbocycles. The number of furan rings is 1. The van der Waals surface area contributed by atoms with Crippen molar-refractivity contribution in [3.8, 4) is 11.8 Å². The van der Waals surface area contributed by atoms with E-state index in [1.54, 1.807) is 83.1 Å². The van der Waals surface area contributed by atoms with Gasteiger partial charge in [0.05, 0.1) is 78.1 Å². The van der Waals surface area contributed by atoms with Crippen molar-refractivity contribution in [2.24, 2.45) is 0 Å². The molecule has 0 atom stereocenters. The summed E-state index contributed by atoms with van der Waals surface area (Å²) in [5.41, 5.74) is -15.9. The van der Waals surface area contributed by atoms with E-state index in [2.05, 4.69) is 0 Å². The molecule has 11 aromatic rings. The molecule has 0 amide bonds. The molecule has 0 fully saturated rings. The second kappa shape index (κ2) is 16.3. The van der Waals surface area contributed by atoms with Crippen molar-refractivity contribution in [3.05, 3.63) is 197 Å². The second-order valence-electron chi connectivity index (χ2n) is 23.9. The Balaban J connectivity index is 1.28. The molecule has 5 heterocycles. The first-order valence-electron chi connectivity index (χ1n) is 39.4. The maximum Gasteiger partial charge on any atom is 0.252 e. The zero-order chi connectivity index (χ0) is 78.5. The van der Waals surface area contributed by atoms with Crippen LogP contribution in [0, 0.1) is 11.3 Å². The van der Waals surface area contributed by atoms with Gasteiger partial charge in [-0.05, 0) is 157 Å². The molecular formula is C71H64BN5O. The fraction of sp³-hybridized carbons (Fsp3) is 0.225. The van der Waals surface area contributed by atoms with Gasteiger partial charge in [0.2, 0.25) is 0 Å². The highest BCUT2D eigenvalue weighted by Gasteiger charge is 2.47. The van der Waals surface area contributed by atoms with Crippen LogP contribution in [0.25, 0.3) is 49.4 Å². The van der Waals surface area contributed by atoms with Gasteiger partial charge in [-0.1, -0.05) is 150 Å². The number of rotatable bonds is 4. The minimum absolute atomic E-state index is 0.00646. The predicted octanol–water partition coefficient (Wildman–Crippen LogP) is 17.6. The second-order valence-corrected chi connectivity index (χ2v) is 23.9. The smallest absolute Gasteiger partial charge is 0.252 e. The third-order valence-electron chi connectivity index (χ3n) is 14.4. The number of hydrogen-bond acceptors (Lipinski definition) is 5. The Morgan fingerprint density at radius 2 is 1.06 bits per heavy atom. The van der Waals surface area contributed by atoms with Gasteiger partial charge in [0, 0.05) is 67.4 Å². The van der Waals surface area contributed by atoms with Crippen LogP contribution < -0.4 is 31.1 Å². The topological polar surface area (TPSA) is 51.6 Å². The number of nitrogens with zero attached hydrogens (tertiary/aromatic N) is 5. The molecule has 0 radical (unpaired) electrons. The zero-order valence-electron chi connectivity index (χ0n) is 72.7. The highest BCUT2D eigenvalue weighted by molar-refractivity contribution is 7.00. The van der Waals surface area contributed by atoms with Gasteiger partial charge in [-0.2, -0.15) is 5.26 Å². The van der Waals surface area contributed by atoms with Crippen LogP contribution in [0.3, 0.4) is 0 Å². The molecule has 2 aromatic heterocycles. The lowest BCUT2D eigenvalue weighted by Crippen LogP contribution is -2.61. The first kappa shape index (κ1) is 26.7. The Bertz CT molecular complexity index is 5970. The summed E-state index contributed by atoms with van der Waals surface area (Å²) in [5, 5.41) is 10.5. The molecule has 0 unspecified atom stereocenters. The Morgan fingerprint density at radius 1 is 0.462 bits per heavy atom. The van der Waals surface area contributed by atoms with Crippen LogP contribution in [0.1, 0.15) is 149 Å². The lowest BCUT2D eigenvalue weighted by atomic mass is 9.33. The van der Waals surface area contributed by atoms with E-state index in [4.69, 9.17) is 9.90 Å². The van der Waals surface area contributed by atoms with Gasteiger partial charge in [0.25, 0.3) is 6.71 Å². The van der Waals surface area contributed by atoms with Crippen molar-refractivity contribution in [1.82, 2.24) is 4.57 Å². The number of para-hydroxylation sites is 2. The fourth-order valence-corrected chi connectivity index (χ4v) is 10.4. The van der Waals surface area contributed by atoms with E-state index in [9.17, 15) is 38.2 Å². The maximum atomic E-state index is 11.7. The first-order chi connectivity index (χ1) is 48.9. The van der Waals surface area contributed by atoms with E-state index >= 15 is 0 Å².